The minimum absolute atomic E-state index is 0.231. The first-order chi connectivity index (χ1) is 17.3. The molecule has 1 unspecified atom stereocenters. The van der Waals surface area contributed by atoms with Crippen molar-refractivity contribution in [1.29, 1.82) is 0 Å². The molecule has 2 aromatic carbocycles. The maximum Gasteiger partial charge on any atom is 0.338 e. The van der Waals surface area contributed by atoms with Crippen molar-refractivity contribution in [2.75, 3.05) is 20.8 Å². The van der Waals surface area contributed by atoms with Gasteiger partial charge in [-0.15, -0.1) is 0 Å². The summed E-state index contributed by atoms with van der Waals surface area (Å²) in [5, 5.41) is 0. The van der Waals surface area contributed by atoms with Crippen LogP contribution in [0.2, 0.25) is 0 Å². The van der Waals surface area contributed by atoms with E-state index in [0.29, 0.717) is 43.6 Å². The fraction of sp³-hybridized carbons (Fsp3) is 0.321. The number of nitrogens with zero attached hydrogens (tertiary/aromatic N) is 2. The molecule has 4 rings (SSSR count). The summed E-state index contributed by atoms with van der Waals surface area (Å²) in [4.78, 5) is 32.0. The van der Waals surface area contributed by atoms with E-state index in [9.17, 15) is 9.59 Å². The van der Waals surface area contributed by atoms with Gasteiger partial charge in [0.2, 0.25) is 0 Å². The van der Waals surface area contributed by atoms with Crippen molar-refractivity contribution in [3.63, 3.8) is 0 Å². The van der Waals surface area contributed by atoms with E-state index >= 15 is 0 Å². The van der Waals surface area contributed by atoms with Gasteiger partial charge in [0.25, 0.3) is 5.56 Å². The SMILES string of the molecule is CCOC(=O)C1=C(C)N=c2s/c(=C\c3cccc(OC)c3OC)c(=O)n2C1c1ccc(C(C)C)cc1. The molecule has 1 aliphatic heterocycles. The summed E-state index contributed by atoms with van der Waals surface area (Å²) in [7, 11) is 3.13. The Kier molecular flexibility index (Phi) is 7.45. The van der Waals surface area contributed by atoms with Crippen molar-refractivity contribution in [3.8, 4) is 11.5 Å². The first-order valence-corrected chi connectivity index (χ1v) is 12.6. The van der Waals surface area contributed by atoms with Crippen LogP contribution in [-0.2, 0) is 9.53 Å². The van der Waals surface area contributed by atoms with E-state index < -0.39 is 12.0 Å². The maximum atomic E-state index is 13.8. The molecule has 0 fully saturated rings. The molecule has 1 aromatic heterocycles. The molecular weight excluding hydrogens is 476 g/mol. The van der Waals surface area contributed by atoms with Crippen molar-refractivity contribution < 1.29 is 19.0 Å². The van der Waals surface area contributed by atoms with Crippen LogP contribution in [-0.4, -0.2) is 31.4 Å². The molecule has 1 aliphatic rings. The zero-order valence-corrected chi connectivity index (χ0v) is 22.1. The van der Waals surface area contributed by atoms with Crippen molar-refractivity contribution in [2.45, 2.75) is 39.7 Å². The number of esters is 1. The quantitative estimate of drug-likeness (QED) is 0.454. The number of ether oxygens (including phenoxy) is 3. The second kappa shape index (κ2) is 10.5. The topological polar surface area (TPSA) is 79.1 Å². The number of allylic oxidation sites excluding steroid dienone is 1. The number of benzene rings is 2. The van der Waals surface area contributed by atoms with Crippen LogP contribution in [0.15, 0.2) is 63.5 Å². The fourth-order valence-corrected chi connectivity index (χ4v) is 5.37. The molecule has 7 nitrogen and oxygen atoms in total. The zero-order chi connectivity index (χ0) is 26.0. The molecule has 0 N–H and O–H groups in total. The Hall–Kier alpha value is -3.65. The number of thiazole rings is 1. The van der Waals surface area contributed by atoms with Crippen molar-refractivity contribution in [2.24, 2.45) is 4.99 Å². The number of methoxy groups -OCH3 is 2. The Bertz CT molecular complexity index is 1500. The highest BCUT2D eigenvalue weighted by Crippen LogP contribution is 2.33. The molecule has 0 bridgehead atoms. The van der Waals surface area contributed by atoms with Crippen LogP contribution in [0, 0.1) is 0 Å². The molecule has 36 heavy (non-hydrogen) atoms. The summed E-state index contributed by atoms with van der Waals surface area (Å²) in [6.45, 7) is 8.02. The average Bonchev–Trinajstić information content (AvgIpc) is 3.17. The smallest absolute Gasteiger partial charge is 0.338 e. The van der Waals surface area contributed by atoms with E-state index in [4.69, 9.17) is 14.2 Å². The van der Waals surface area contributed by atoms with Gasteiger partial charge in [0, 0.05) is 5.56 Å². The van der Waals surface area contributed by atoms with Crippen LogP contribution in [0.3, 0.4) is 0 Å². The standard InChI is InChI=1S/C28H30N2O5S/c1-7-35-27(32)23-17(4)29-28-30(24(23)19-13-11-18(12-14-19)16(2)3)26(31)22(36-28)15-20-9-8-10-21(33-5)25(20)34-6/h8-16,24H,7H2,1-6H3/b22-15-. The molecule has 188 valence electrons. The van der Waals surface area contributed by atoms with E-state index in [0.717, 1.165) is 5.56 Å². The van der Waals surface area contributed by atoms with Gasteiger partial charge in [-0.2, -0.15) is 0 Å². The molecule has 2 heterocycles. The van der Waals surface area contributed by atoms with E-state index in [1.807, 2.05) is 36.4 Å². The summed E-state index contributed by atoms with van der Waals surface area (Å²) < 4.78 is 18.4. The number of rotatable bonds is 7. The predicted molar refractivity (Wildman–Crippen MR) is 140 cm³/mol. The van der Waals surface area contributed by atoms with Crippen molar-refractivity contribution in [3.05, 3.63) is 90.1 Å². The zero-order valence-electron chi connectivity index (χ0n) is 21.3. The highest BCUT2D eigenvalue weighted by atomic mass is 32.1. The van der Waals surface area contributed by atoms with Gasteiger partial charge in [-0.05, 0) is 43.0 Å². The molecule has 0 aliphatic carbocycles. The summed E-state index contributed by atoms with van der Waals surface area (Å²) in [6.07, 6.45) is 1.77. The molecular formula is C28H30N2O5S. The molecule has 0 saturated carbocycles. The number of carbonyl (C=O) groups is 1. The van der Waals surface area contributed by atoms with Crippen LogP contribution >= 0.6 is 11.3 Å². The van der Waals surface area contributed by atoms with Gasteiger partial charge in [0.15, 0.2) is 16.3 Å². The average molecular weight is 507 g/mol. The Balaban J connectivity index is 1.95. The third kappa shape index (κ3) is 4.60. The molecule has 0 saturated heterocycles. The highest BCUT2D eigenvalue weighted by Gasteiger charge is 2.33. The van der Waals surface area contributed by atoms with Gasteiger partial charge in [-0.3, -0.25) is 9.36 Å². The van der Waals surface area contributed by atoms with Gasteiger partial charge in [-0.1, -0.05) is 61.6 Å². The maximum absolute atomic E-state index is 13.8. The van der Waals surface area contributed by atoms with Gasteiger partial charge < -0.3 is 14.2 Å². The van der Waals surface area contributed by atoms with Crippen molar-refractivity contribution >= 4 is 23.4 Å². The lowest BCUT2D eigenvalue weighted by Crippen LogP contribution is -2.39. The van der Waals surface area contributed by atoms with E-state index in [1.165, 1.54) is 16.9 Å². The third-order valence-electron chi connectivity index (χ3n) is 6.16. The monoisotopic (exact) mass is 506 g/mol. The number of carbonyl (C=O) groups excluding carboxylic acids is 1. The van der Waals surface area contributed by atoms with E-state index in [1.54, 1.807) is 44.8 Å². The molecule has 0 radical (unpaired) electrons. The molecule has 0 spiro atoms. The molecule has 1 atom stereocenters. The minimum atomic E-state index is -0.643. The Morgan fingerprint density at radius 3 is 2.47 bits per heavy atom. The first-order valence-electron chi connectivity index (χ1n) is 11.8. The predicted octanol–water partition coefficient (Wildman–Crippen LogP) is 3.94. The van der Waals surface area contributed by atoms with Crippen LogP contribution in [0.25, 0.3) is 6.08 Å². The number of para-hydroxylation sites is 1. The second-order valence-corrected chi connectivity index (χ2v) is 9.72. The van der Waals surface area contributed by atoms with Gasteiger partial charge in [0.1, 0.15) is 0 Å². The van der Waals surface area contributed by atoms with Crippen LogP contribution < -0.4 is 24.4 Å². The lowest BCUT2D eigenvalue weighted by atomic mass is 9.93. The number of aromatic nitrogens is 1. The van der Waals surface area contributed by atoms with E-state index in [-0.39, 0.29) is 12.2 Å². The molecule has 8 heteroatoms. The van der Waals surface area contributed by atoms with Crippen LogP contribution in [0.5, 0.6) is 11.5 Å². The molecule has 3 aromatic rings. The number of hydrogen-bond donors (Lipinski definition) is 0. The van der Waals surface area contributed by atoms with E-state index in [2.05, 4.69) is 18.8 Å². The van der Waals surface area contributed by atoms with Crippen LogP contribution in [0.4, 0.5) is 0 Å². The fourth-order valence-electron chi connectivity index (χ4n) is 4.34. The van der Waals surface area contributed by atoms with Gasteiger partial charge in [0.05, 0.1) is 42.7 Å². The number of hydrogen-bond acceptors (Lipinski definition) is 7. The van der Waals surface area contributed by atoms with Gasteiger partial charge >= 0.3 is 5.97 Å². The second-order valence-electron chi connectivity index (χ2n) is 8.71. The summed E-state index contributed by atoms with van der Waals surface area (Å²) in [6, 6.07) is 12.9. The third-order valence-corrected chi connectivity index (χ3v) is 7.14. The Labute approximate surface area is 214 Å². The van der Waals surface area contributed by atoms with Crippen molar-refractivity contribution in [1.82, 2.24) is 4.57 Å². The summed E-state index contributed by atoms with van der Waals surface area (Å²) >= 11 is 1.27. The lowest BCUT2D eigenvalue weighted by molar-refractivity contribution is -0.139. The Morgan fingerprint density at radius 2 is 1.86 bits per heavy atom. The normalized spacial score (nSPS) is 15.5. The summed E-state index contributed by atoms with van der Waals surface area (Å²) in [5.41, 5.74) is 3.38. The summed E-state index contributed by atoms with van der Waals surface area (Å²) in [5.74, 6) is 0.999. The molecule has 0 amide bonds. The minimum Gasteiger partial charge on any atom is -0.493 e. The number of fused-ring (bicyclic) bond motifs is 1. The lowest BCUT2D eigenvalue weighted by Gasteiger charge is -2.25. The largest absolute Gasteiger partial charge is 0.493 e. The van der Waals surface area contributed by atoms with Gasteiger partial charge in [-0.25, -0.2) is 9.79 Å². The highest BCUT2D eigenvalue weighted by molar-refractivity contribution is 7.07. The first kappa shape index (κ1) is 25.4. The Morgan fingerprint density at radius 1 is 1.14 bits per heavy atom. The van der Waals surface area contributed by atoms with Crippen LogP contribution in [0.1, 0.15) is 56.3 Å².